The minimum Gasteiger partial charge on any atom is -0.278 e. The number of aryl methyl sites for hydroxylation is 4. The number of fused-ring (bicyclic) bond motifs is 2. The lowest BCUT2D eigenvalue weighted by Gasteiger charge is -2.31. The summed E-state index contributed by atoms with van der Waals surface area (Å²) in [5, 5.41) is 0. The first-order chi connectivity index (χ1) is 14.7. The zero-order valence-corrected chi connectivity index (χ0v) is 17.5. The Labute approximate surface area is 178 Å². The van der Waals surface area contributed by atoms with Crippen LogP contribution in [0, 0.1) is 13.8 Å². The molecule has 0 N–H and O–H groups in total. The van der Waals surface area contributed by atoms with Crippen LogP contribution in [0.15, 0.2) is 79.1 Å². The summed E-state index contributed by atoms with van der Waals surface area (Å²) in [7, 11) is 0. The van der Waals surface area contributed by atoms with Crippen LogP contribution in [-0.2, 0) is 12.8 Å². The van der Waals surface area contributed by atoms with E-state index in [9.17, 15) is 0 Å². The molecule has 4 aromatic rings. The topological polar surface area (TPSA) is 29.0 Å². The van der Waals surface area contributed by atoms with Crippen LogP contribution in [0.4, 0.5) is 17.3 Å². The van der Waals surface area contributed by atoms with Crippen molar-refractivity contribution in [3.8, 4) is 11.1 Å². The monoisotopic (exact) mass is 391 g/mol. The number of nitrogens with zero attached hydrogens (tertiary/aromatic N) is 3. The fourth-order valence-corrected chi connectivity index (χ4v) is 4.34. The Bertz CT molecular complexity index is 1140. The highest BCUT2D eigenvalue weighted by Crippen LogP contribution is 2.43. The molecule has 0 fully saturated rings. The van der Waals surface area contributed by atoms with Crippen LogP contribution in [0.2, 0.25) is 0 Å². The fraction of sp³-hybridized carbons (Fsp3) is 0.185. The summed E-state index contributed by atoms with van der Waals surface area (Å²) in [6.07, 6.45) is 7.06. The molecule has 0 atom stereocenters. The van der Waals surface area contributed by atoms with Crippen molar-refractivity contribution in [1.82, 2.24) is 9.97 Å². The third-order valence-electron chi connectivity index (χ3n) is 5.70. The maximum absolute atomic E-state index is 4.92. The summed E-state index contributed by atoms with van der Waals surface area (Å²) in [6.45, 7) is 4.23. The highest BCUT2D eigenvalue weighted by Gasteiger charge is 2.25. The summed E-state index contributed by atoms with van der Waals surface area (Å²) >= 11 is 0. The number of rotatable bonds is 2. The molecule has 0 amide bonds. The average molecular weight is 392 g/mol. The van der Waals surface area contributed by atoms with Gasteiger partial charge in [0.25, 0.3) is 0 Å². The largest absolute Gasteiger partial charge is 0.278 e. The normalized spacial score (nSPS) is 13.2. The smallest absolute Gasteiger partial charge is 0.141 e. The molecule has 0 spiro atoms. The van der Waals surface area contributed by atoms with Crippen molar-refractivity contribution in [1.29, 1.82) is 0 Å². The summed E-state index contributed by atoms with van der Waals surface area (Å²) in [5.74, 6) is 1.97. The summed E-state index contributed by atoms with van der Waals surface area (Å²) < 4.78 is 0. The lowest BCUT2D eigenvalue weighted by atomic mass is 9.97. The number of anilines is 3. The van der Waals surface area contributed by atoms with Gasteiger partial charge in [0, 0.05) is 18.0 Å². The zero-order valence-electron chi connectivity index (χ0n) is 17.5. The molecular weight excluding hydrogens is 366 g/mol. The van der Waals surface area contributed by atoms with Gasteiger partial charge in [0.1, 0.15) is 11.6 Å². The van der Waals surface area contributed by atoms with E-state index in [2.05, 4.69) is 85.5 Å². The van der Waals surface area contributed by atoms with Gasteiger partial charge in [-0.1, -0.05) is 60.7 Å². The Balaban J connectivity index is 1.80. The molecule has 2 aromatic carbocycles. The standard InChI is InChI=1S/C27H25N3/c1-19-15-22-11-8-12-23-16-20(2)18-29-27(23)30(26(22)28-17-19)25-14-7-6-13-24(25)21-9-4-3-5-10-21/h3-7,9-10,13-18H,8,11-12H2,1-2H3. The van der Waals surface area contributed by atoms with E-state index in [1.54, 1.807) is 0 Å². The maximum atomic E-state index is 4.92. The van der Waals surface area contributed by atoms with Gasteiger partial charge in [0.2, 0.25) is 0 Å². The summed E-state index contributed by atoms with van der Waals surface area (Å²) in [6, 6.07) is 23.7. The van der Waals surface area contributed by atoms with Gasteiger partial charge in [-0.25, -0.2) is 9.97 Å². The Morgan fingerprint density at radius 1 is 0.700 bits per heavy atom. The van der Waals surface area contributed by atoms with Gasteiger partial charge < -0.3 is 0 Å². The van der Waals surface area contributed by atoms with E-state index in [-0.39, 0.29) is 0 Å². The van der Waals surface area contributed by atoms with Gasteiger partial charge in [-0.15, -0.1) is 0 Å². The van der Waals surface area contributed by atoms with Crippen molar-refractivity contribution >= 4 is 17.3 Å². The Morgan fingerprint density at radius 2 is 1.27 bits per heavy atom. The fourth-order valence-electron chi connectivity index (χ4n) is 4.34. The number of hydrogen-bond donors (Lipinski definition) is 0. The Morgan fingerprint density at radius 3 is 1.90 bits per heavy atom. The van der Waals surface area contributed by atoms with Crippen molar-refractivity contribution in [3.05, 3.63) is 101 Å². The molecule has 30 heavy (non-hydrogen) atoms. The first kappa shape index (κ1) is 18.6. The molecule has 0 saturated heterocycles. The molecule has 0 unspecified atom stereocenters. The number of benzene rings is 2. The number of pyridine rings is 2. The van der Waals surface area contributed by atoms with Gasteiger partial charge in [-0.3, -0.25) is 4.90 Å². The lowest BCUT2D eigenvalue weighted by molar-refractivity contribution is 0.796. The molecule has 0 saturated carbocycles. The molecule has 0 bridgehead atoms. The van der Waals surface area contributed by atoms with E-state index in [4.69, 9.17) is 9.97 Å². The predicted octanol–water partition coefficient (Wildman–Crippen LogP) is 6.72. The second-order valence-electron chi connectivity index (χ2n) is 8.06. The first-order valence-corrected chi connectivity index (χ1v) is 10.6. The minimum atomic E-state index is 0.987. The van der Waals surface area contributed by atoms with Crippen LogP contribution >= 0.6 is 0 Å². The molecule has 3 heteroatoms. The van der Waals surface area contributed by atoms with Crippen LogP contribution in [0.25, 0.3) is 11.1 Å². The number of aromatic nitrogens is 2. The van der Waals surface area contributed by atoms with E-state index in [0.717, 1.165) is 36.6 Å². The van der Waals surface area contributed by atoms with Crippen LogP contribution in [0.3, 0.4) is 0 Å². The average Bonchev–Trinajstić information content (AvgIpc) is 2.76. The highest BCUT2D eigenvalue weighted by atomic mass is 15.2. The van der Waals surface area contributed by atoms with E-state index in [1.165, 1.54) is 33.4 Å². The Kier molecular flexibility index (Phi) is 4.80. The first-order valence-electron chi connectivity index (χ1n) is 10.6. The van der Waals surface area contributed by atoms with Gasteiger partial charge in [0.15, 0.2) is 0 Å². The Hall–Kier alpha value is -3.46. The second-order valence-corrected chi connectivity index (χ2v) is 8.06. The van der Waals surface area contributed by atoms with E-state index >= 15 is 0 Å². The molecule has 0 radical (unpaired) electrons. The van der Waals surface area contributed by atoms with Gasteiger partial charge in [-0.05, 0) is 67.0 Å². The third kappa shape index (κ3) is 3.37. The van der Waals surface area contributed by atoms with Crippen LogP contribution in [0.5, 0.6) is 0 Å². The molecule has 3 heterocycles. The summed E-state index contributed by atoms with van der Waals surface area (Å²) in [4.78, 5) is 12.1. The van der Waals surface area contributed by atoms with Crippen molar-refractivity contribution < 1.29 is 0 Å². The molecule has 148 valence electrons. The number of hydrogen-bond acceptors (Lipinski definition) is 3. The van der Waals surface area contributed by atoms with Crippen molar-refractivity contribution in [2.45, 2.75) is 33.1 Å². The quantitative estimate of drug-likeness (QED) is 0.380. The highest BCUT2D eigenvalue weighted by molar-refractivity contribution is 5.87. The molecule has 0 aliphatic carbocycles. The molecular formula is C27H25N3. The SMILES string of the molecule is Cc1cnc2c(c1)CCCc1cc(C)cnc1N2c1ccccc1-c1ccccc1. The van der Waals surface area contributed by atoms with E-state index in [0.29, 0.717) is 0 Å². The lowest BCUT2D eigenvalue weighted by Crippen LogP contribution is -2.20. The van der Waals surface area contributed by atoms with E-state index < -0.39 is 0 Å². The summed E-state index contributed by atoms with van der Waals surface area (Å²) in [5.41, 5.74) is 8.45. The van der Waals surface area contributed by atoms with Crippen molar-refractivity contribution in [2.75, 3.05) is 4.90 Å². The molecule has 1 aliphatic heterocycles. The van der Waals surface area contributed by atoms with Crippen LogP contribution < -0.4 is 4.90 Å². The molecule has 2 aromatic heterocycles. The number of para-hydroxylation sites is 1. The van der Waals surface area contributed by atoms with Gasteiger partial charge in [-0.2, -0.15) is 0 Å². The molecule has 3 nitrogen and oxygen atoms in total. The third-order valence-corrected chi connectivity index (χ3v) is 5.70. The molecule has 5 rings (SSSR count). The minimum absolute atomic E-state index is 0.987. The van der Waals surface area contributed by atoms with E-state index in [1.807, 2.05) is 12.4 Å². The second kappa shape index (κ2) is 7.75. The van der Waals surface area contributed by atoms with Crippen molar-refractivity contribution in [3.63, 3.8) is 0 Å². The predicted molar refractivity (Wildman–Crippen MR) is 124 cm³/mol. The zero-order chi connectivity index (χ0) is 20.5. The van der Waals surface area contributed by atoms with Gasteiger partial charge in [0.05, 0.1) is 5.69 Å². The van der Waals surface area contributed by atoms with Crippen LogP contribution in [0.1, 0.15) is 28.7 Å². The molecule has 1 aliphatic rings. The van der Waals surface area contributed by atoms with Crippen LogP contribution in [-0.4, -0.2) is 9.97 Å². The maximum Gasteiger partial charge on any atom is 0.141 e. The van der Waals surface area contributed by atoms with Crippen molar-refractivity contribution in [2.24, 2.45) is 0 Å². The van der Waals surface area contributed by atoms with Gasteiger partial charge >= 0.3 is 0 Å².